The second-order valence-electron chi connectivity index (χ2n) is 3.26. The Labute approximate surface area is 101 Å². The second kappa shape index (κ2) is 4.96. The minimum absolute atomic E-state index is 0. The molecule has 1 aliphatic rings. The SMILES string of the molecule is Cl.O=C1N[C@H](c2ccc(F)cc2[N+](=O)[O-])CO1. The molecule has 0 saturated carbocycles. The van der Waals surface area contributed by atoms with Gasteiger partial charge in [0, 0.05) is 0 Å². The summed E-state index contributed by atoms with van der Waals surface area (Å²) in [5, 5.41) is 13.1. The van der Waals surface area contributed by atoms with Crippen molar-refractivity contribution in [1.29, 1.82) is 0 Å². The number of rotatable bonds is 2. The number of halogens is 2. The molecule has 1 N–H and O–H groups in total. The first-order valence-corrected chi connectivity index (χ1v) is 4.45. The molecule has 17 heavy (non-hydrogen) atoms. The molecule has 0 bridgehead atoms. The van der Waals surface area contributed by atoms with Crippen molar-refractivity contribution in [3.05, 3.63) is 39.7 Å². The van der Waals surface area contributed by atoms with Crippen molar-refractivity contribution in [3.63, 3.8) is 0 Å². The van der Waals surface area contributed by atoms with Crippen molar-refractivity contribution in [1.82, 2.24) is 5.32 Å². The molecular weight excluding hydrogens is 255 g/mol. The van der Waals surface area contributed by atoms with E-state index in [4.69, 9.17) is 0 Å². The van der Waals surface area contributed by atoms with Gasteiger partial charge in [0.25, 0.3) is 5.69 Å². The average Bonchev–Trinajstić information content (AvgIpc) is 2.64. The highest BCUT2D eigenvalue weighted by molar-refractivity contribution is 5.85. The lowest BCUT2D eigenvalue weighted by molar-refractivity contribution is -0.385. The quantitative estimate of drug-likeness (QED) is 0.652. The highest BCUT2D eigenvalue weighted by Crippen LogP contribution is 2.28. The van der Waals surface area contributed by atoms with Crippen molar-refractivity contribution in [2.45, 2.75) is 6.04 Å². The Morgan fingerprint density at radius 3 is 2.76 bits per heavy atom. The minimum Gasteiger partial charge on any atom is -0.447 e. The molecule has 2 rings (SSSR count). The molecule has 1 aromatic carbocycles. The van der Waals surface area contributed by atoms with Gasteiger partial charge in [-0.15, -0.1) is 12.4 Å². The first-order chi connectivity index (χ1) is 7.58. The van der Waals surface area contributed by atoms with E-state index >= 15 is 0 Å². The zero-order chi connectivity index (χ0) is 11.7. The summed E-state index contributed by atoms with van der Waals surface area (Å²) in [6, 6.07) is 2.59. The summed E-state index contributed by atoms with van der Waals surface area (Å²) in [7, 11) is 0. The lowest BCUT2D eigenvalue weighted by atomic mass is 10.1. The molecular formula is C9H8ClFN2O4. The van der Waals surface area contributed by atoms with Crippen molar-refractivity contribution in [2.24, 2.45) is 0 Å². The number of cyclic esters (lactones) is 1. The van der Waals surface area contributed by atoms with Crippen LogP contribution < -0.4 is 5.32 Å². The van der Waals surface area contributed by atoms with Gasteiger partial charge in [-0.1, -0.05) is 0 Å². The number of nitrogens with one attached hydrogen (secondary N) is 1. The summed E-state index contributed by atoms with van der Waals surface area (Å²) in [5.41, 5.74) is -0.131. The predicted octanol–water partition coefficient (Wildman–Crippen LogP) is 1.94. The Morgan fingerprint density at radius 2 is 2.24 bits per heavy atom. The van der Waals surface area contributed by atoms with E-state index in [9.17, 15) is 19.3 Å². The van der Waals surface area contributed by atoms with Gasteiger partial charge < -0.3 is 10.1 Å². The van der Waals surface area contributed by atoms with Crippen LogP contribution in [0.5, 0.6) is 0 Å². The summed E-state index contributed by atoms with van der Waals surface area (Å²) in [5.74, 6) is -0.694. The van der Waals surface area contributed by atoms with E-state index in [1.165, 1.54) is 6.07 Å². The van der Waals surface area contributed by atoms with E-state index in [1.54, 1.807) is 0 Å². The van der Waals surface area contributed by atoms with Crippen LogP contribution in [0, 0.1) is 15.9 Å². The van der Waals surface area contributed by atoms with Crippen LogP contribution in [0.1, 0.15) is 11.6 Å². The highest BCUT2D eigenvalue weighted by Gasteiger charge is 2.29. The summed E-state index contributed by atoms with van der Waals surface area (Å²) in [6.45, 7) is 0.00526. The first-order valence-electron chi connectivity index (χ1n) is 4.45. The van der Waals surface area contributed by atoms with Crippen LogP contribution in [0.15, 0.2) is 18.2 Å². The number of alkyl carbamates (subject to hydrolysis) is 1. The van der Waals surface area contributed by atoms with Crippen LogP contribution in [0.3, 0.4) is 0 Å². The fraction of sp³-hybridized carbons (Fsp3) is 0.222. The van der Waals surface area contributed by atoms with Crippen LogP contribution in [-0.4, -0.2) is 17.6 Å². The molecule has 0 spiro atoms. The van der Waals surface area contributed by atoms with Crippen LogP contribution in [0.4, 0.5) is 14.9 Å². The number of carbonyl (C=O) groups excluding carboxylic acids is 1. The molecule has 0 unspecified atom stereocenters. The normalized spacial score (nSPS) is 17.9. The van der Waals surface area contributed by atoms with Gasteiger partial charge in [-0.25, -0.2) is 9.18 Å². The van der Waals surface area contributed by atoms with Gasteiger partial charge in [-0.2, -0.15) is 0 Å². The van der Waals surface area contributed by atoms with E-state index in [-0.39, 0.29) is 30.3 Å². The number of nitrogens with zero attached hydrogens (tertiary/aromatic N) is 1. The van der Waals surface area contributed by atoms with E-state index in [0.29, 0.717) is 0 Å². The Bertz CT molecular complexity index is 468. The maximum Gasteiger partial charge on any atom is 0.407 e. The molecule has 92 valence electrons. The van der Waals surface area contributed by atoms with Crippen LogP contribution in [-0.2, 0) is 4.74 Å². The van der Waals surface area contributed by atoms with E-state index in [2.05, 4.69) is 10.1 Å². The molecule has 1 saturated heterocycles. The topological polar surface area (TPSA) is 81.5 Å². The minimum atomic E-state index is -0.694. The van der Waals surface area contributed by atoms with Gasteiger partial charge in [0.1, 0.15) is 12.4 Å². The third-order valence-electron chi connectivity index (χ3n) is 2.24. The molecule has 1 fully saturated rings. The summed E-state index contributed by atoms with van der Waals surface area (Å²) in [6.07, 6.45) is -0.636. The van der Waals surface area contributed by atoms with Crippen LogP contribution in [0.2, 0.25) is 0 Å². The fourth-order valence-electron chi connectivity index (χ4n) is 1.52. The molecule has 8 heteroatoms. The van der Waals surface area contributed by atoms with E-state index in [1.807, 2.05) is 0 Å². The Balaban J connectivity index is 0.00000144. The van der Waals surface area contributed by atoms with Gasteiger partial charge in [0.05, 0.1) is 22.6 Å². The standard InChI is InChI=1S/C9H7FN2O4.ClH/c10-5-1-2-6(8(3-5)12(14)15)7-4-16-9(13)11-7;/h1-3,7H,4H2,(H,11,13);1H/t7-;/m0./s1. The third kappa shape index (κ3) is 2.62. The van der Waals surface area contributed by atoms with Gasteiger partial charge >= 0.3 is 6.09 Å². The Kier molecular flexibility index (Phi) is 3.84. The lowest BCUT2D eigenvalue weighted by Crippen LogP contribution is -2.19. The van der Waals surface area contributed by atoms with Crippen molar-refractivity contribution in [2.75, 3.05) is 6.61 Å². The van der Waals surface area contributed by atoms with E-state index in [0.717, 1.165) is 12.1 Å². The van der Waals surface area contributed by atoms with Gasteiger partial charge in [0.2, 0.25) is 0 Å². The van der Waals surface area contributed by atoms with Crippen LogP contribution in [0.25, 0.3) is 0 Å². The predicted molar refractivity (Wildman–Crippen MR) is 57.5 cm³/mol. The smallest absolute Gasteiger partial charge is 0.407 e. The molecule has 0 aromatic heterocycles. The molecule has 1 heterocycles. The summed E-state index contributed by atoms with van der Waals surface area (Å²) in [4.78, 5) is 20.8. The molecule has 1 aliphatic heterocycles. The molecule has 1 atom stereocenters. The number of amides is 1. The number of nitro groups is 1. The van der Waals surface area contributed by atoms with Gasteiger partial charge in [-0.3, -0.25) is 10.1 Å². The maximum atomic E-state index is 12.8. The highest BCUT2D eigenvalue weighted by atomic mass is 35.5. The Hall–Kier alpha value is -1.89. The van der Waals surface area contributed by atoms with Crippen LogP contribution >= 0.6 is 12.4 Å². The van der Waals surface area contributed by atoms with E-state index < -0.39 is 22.9 Å². The molecule has 1 aromatic rings. The number of carbonyl (C=O) groups is 1. The first kappa shape index (κ1) is 13.2. The molecule has 0 radical (unpaired) electrons. The third-order valence-corrected chi connectivity index (χ3v) is 2.24. The molecule has 0 aliphatic carbocycles. The summed E-state index contributed by atoms with van der Waals surface area (Å²) >= 11 is 0. The van der Waals surface area contributed by atoms with Gasteiger partial charge in [0.15, 0.2) is 0 Å². The zero-order valence-corrected chi connectivity index (χ0v) is 9.20. The molecule has 1 amide bonds. The maximum absolute atomic E-state index is 12.8. The number of benzene rings is 1. The number of hydrogen-bond acceptors (Lipinski definition) is 4. The lowest BCUT2D eigenvalue weighted by Gasteiger charge is -2.07. The second-order valence-corrected chi connectivity index (χ2v) is 3.26. The number of hydrogen-bond donors (Lipinski definition) is 1. The van der Waals surface area contributed by atoms with Crippen molar-refractivity contribution in [3.8, 4) is 0 Å². The van der Waals surface area contributed by atoms with Crippen molar-refractivity contribution < 1.29 is 18.8 Å². The average molecular weight is 263 g/mol. The monoisotopic (exact) mass is 262 g/mol. The molecule has 6 nitrogen and oxygen atoms in total. The number of ether oxygens (including phenoxy) is 1. The summed E-state index contributed by atoms with van der Waals surface area (Å²) < 4.78 is 17.5. The largest absolute Gasteiger partial charge is 0.447 e. The number of nitro benzene ring substituents is 1. The Morgan fingerprint density at radius 1 is 1.53 bits per heavy atom. The fourth-order valence-corrected chi connectivity index (χ4v) is 1.52. The van der Waals surface area contributed by atoms with Gasteiger partial charge in [-0.05, 0) is 12.1 Å². The van der Waals surface area contributed by atoms with Crippen molar-refractivity contribution >= 4 is 24.2 Å². The zero-order valence-electron chi connectivity index (χ0n) is 8.38.